The number of aryl methyl sites for hydroxylation is 1. The molecule has 0 spiro atoms. The van der Waals surface area contributed by atoms with Gasteiger partial charge in [-0.2, -0.15) is 0 Å². The molecular weight excluding hydrogens is 266 g/mol. The number of esters is 1. The third kappa shape index (κ3) is 3.11. The Labute approximate surface area is 122 Å². The minimum atomic E-state index is -0.467. The molecule has 0 saturated heterocycles. The molecule has 0 unspecified atom stereocenters. The van der Waals surface area contributed by atoms with E-state index in [0.717, 1.165) is 11.1 Å². The van der Waals surface area contributed by atoms with Gasteiger partial charge in [-0.15, -0.1) is 0 Å². The molecule has 21 heavy (non-hydrogen) atoms. The molecular formula is C17H15NO3. The van der Waals surface area contributed by atoms with Crippen LogP contribution in [0.25, 0.3) is 11.3 Å². The highest BCUT2D eigenvalue weighted by Crippen LogP contribution is 2.21. The highest BCUT2D eigenvalue weighted by Gasteiger charge is 2.16. The van der Waals surface area contributed by atoms with Gasteiger partial charge in [0.2, 0.25) is 0 Å². The second kappa shape index (κ2) is 5.79. The van der Waals surface area contributed by atoms with Crippen LogP contribution in [0.3, 0.4) is 0 Å². The van der Waals surface area contributed by atoms with Crippen LogP contribution in [-0.4, -0.2) is 17.7 Å². The van der Waals surface area contributed by atoms with Gasteiger partial charge in [-0.25, -0.2) is 4.79 Å². The van der Waals surface area contributed by atoms with Gasteiger partial charge < -0.3 is 9.26 Å². The second-order valence-electron chi connectivity index (χ2n) is 4.97. The van der Waals surface area contributed by atoms with Crippen molar-refractivity contribution in [2.45, 2.75) is 6.92 Å². The van der Waals surface area contributed by atoms with Crippen LogP contribution in [0.1, 0.15) is 16.1 Å². The van der Waals surface area contributed by atoms with E-state index in [2.05, 4.69) is 5.16 Å². The number of hydrogen-bond donors (Lipinski definition) is 0. The van der Waals surface area contributed by atoms with Crippen LogP contribution in [0, 0.1) is 12.8 Å². The lowest BCUT2D eigenvalue weighted by Crippen LogP contribution is -2.11. The molecule has 0 N–H and O–H groups in total. The van der Waals surface area contributed by atoms with Gasteiger partial charge >= 0.3 is 5.97 Å². The summed E-state index contributed by atoms with van der Waals surface area (Å²) in [6.07, 6.45) is 7.83. The van der Waals surface area contributed by atoms with E-state index in [-0.39, 0.29) is 11.6 Å². The number of rotatable bonds is 4. The Hall–Kier alpha value is -2.62. The van der Waals surface area contributed by atoms with Crippen LogP contribution in [0.15, 0.2) is 59.2 Å². The second-order valence-corrected chi connectivity index (χ2v) is 4.97. The van der Waals surface area contributed by atoms with Gasteiger partial charge in [-0.3, -0.25) is 0 Å². The Morgan fingerprint density at radius 3 is 2.67 bits per heavy atom. The molecule has 0 radical (unpaired) electrons. The quantitative estimate of drug-likeness (QED) is 0.804. The fraction of sp³-hybridized carbons (Fsp3) is 0.176. The van der Waals surface area contributed by atoms with Crippen molar-refractivity contribution in [2.24, 2.45) is 5.92 Å². The molecule has 0 saturated carbocycles. The Morgan fingerprint density at radius 1 is 1.24 bits per heavy atom. The van der Waals surface area contributed by atoms with Crippen molar-refractivity contribution < 1.29 is 14.1 Å². The number of carbonyl (C=O) groups is 1. The summed E-state index contributed by atoms with van der Waals surface area (Å²) in [7, 11) is 0. The monoisotopic (exact) mass is 281 g/mol. The minimum absolute atomic E-state index is 0.150. The van der Waals surface area contributed by atoms with Crippen LogP contribution in [-0.2, 0) is 4.74 Å². The predicted molar refractivity (Wildman–Crippen MR) is 78.7 cm³/mol. The molecule has 1 aromatic heterocycles. The van der Waals surface area contributed by atoms with Crippen molar-refractivity contribution >= 4 is 5.97 Å². The van der Waals surface area contributed by atoms with E-state index in [0.29, 0.717) is 12.4 Å². The van der Waals surface area contributed by atoms with Crippen molar-refractivity contribution in [1.29, 1.82) is 0 Å². The molecule has 1 heterocycles. The molecule has 4 heteroatoms. The largest absolute Gasteiger partial charge is 0.460 e. The summed E-state index contributed by atoms with van der Waals surface area (Å²) in [6, 6.07) is 9.43. The van der Waals surface area contributed by atoms with Crippen LogP contribution in [0.4, 0.5) is 0 Å². The first-order valence-electron chi connectivity index (χ1n) is 6.78. The van der Waals surface area contributed by atoms with Crippen LogP contribution >= 0.6 is 0 Å². The predicted octanol–water partition coefficient (Wildman–Crippen LogP) is 3.55. The van der Waals surface area contributed by atoms with E-state index >= 15 is 0 Å². The van der Waals surface area contributed by atoms with Crippen molar-refractivity contribution in [3.05, 3.63) is 65.9 Å². The van der Waals surface area contributed by atoms with E-state index in [1.807, 2.05) is 55.5 Å². The van der Waals surface area contributed by atoms with Crippen molar-refractivity contribution in [2.75, 3.05) is 6.61 Å². The smallest absolute Gasteiger partial charge is 0.360 e. The summed E-state index contributed by atoms with van der Waals surface area (Å²) in [6.45, 7) is 2.33. The highest BCUT2D eigenvalue weighted by molar-refractivity contribution is 5.88. The zero-order valence-corrected chi connectivity index (χ0v) is 11.7. The fourth-order valence-electron chi connectivity index (χ4n) is 2.06. The number of carbonyl (C=O) groups excluding carboxylic acids is 1. The van der Waals surface area contributed by atoms with Gasteiger partial charge in [-0.1, -0.05) is 59.3 Å². The van der Waals surface area contributed by atoms with E-state index in [1.165, 1.54) is 0 Å². The first kappa shape index (κ1) is 13.4. The van der Waals surface area contributed by atoms with Gasteiger partial charge in [-0.05, 0) is 6.92 Å². The molecule has 3 rings (SSSR count). The van der Waals surface area contributed by atoms with E-state index in [4.69, 9.17) is 9.26 Å². The SMILES string of the molecule is Cc1ccc(-c2cc(C(=O)OCC3C=CC=C3)no2)cc1. The molecule has 0 bridgehead atoms. The maximum absolute atomic E-state index is 11.9. The first-order valence-corrected chi connectivity index (χ1v) is 6.78. The summed E-state index contributed by atoms with van der Waals surface area (Å²) in [5, 5.41) is 3.77. The molecule has 1 aromatic carbocycles. The summed E-state index contributed by atoms with van der Waals surface area (Å²) in [5.41, 5.74) is 2.24. The third-order valence-electron chi connectivity index (χ3n) is 3.29. The van der Waals surface area contributed by atoms with E-state index < -0.39 is 5.97 Å². The summed E-state index contributed by atoms with van der Waals surface area (Å²) >= 11 is 0. The first-order chi connectivity index (χ1) is 10.2. The van der Waals surface area contributed by atoms with Crippen molar-refractivity contribution in [3.63, 3.8) is 0 Å². The number of aromatic nitrogens is 1. The molecule has 1 aliphatic carbocycles. The van der Waals surface area contributed by atoms with Gasteiger partial charge in [0.05, 0.1) is 0 Å². The Morgan fingerprint density at radius 2 is 1.95 bits per heavy atom. The number of ether oxygens (including phenoxy) is 1. The summed E-state index contributed by atoms with van der Waals surface area (Å²) < 4.78 is 10.4. The topological polar surface area (TPSA) is 52.3 Å². The Bertz CT molecular complexity index is 683. The molecule has 0 amide bonds. The summed E-state index contributed by atoms with van der Waals surface area (Å²) in [5.74, 6) is 0.242. The van der Waals surface area contributed by atoms with E-state index in [1.54, 1.807) is 6.07 Å². The lowest BCUT2D eigenvalue weighted by Gasteiger charge is -2.05. The van der Waals surface area contributed by atoms with Crippen LogP contribution in [0.2, 0.25) is 0 Å². The standard InChI is InChI=1S/C17H15NO3/c1-12-6-8-14(9-7-12)16-10-15(18-21-16)17(19)20-11-13-4-2-3-5-13/h2-10,13H,11H2,1H3. The Kier molecular flexibility index (Phi) is 3.69. The molecule has 0 aliphatic heterocycles. The molecule has 1 aliphatic rings. The maximum Gasteiger partial charge on any atom is 0.360 e. The highest BCUT2D eigenvalue weighted by atomic mass is 16.5. The molecule has 4 nitrogen and oxygen atoms in total. The fourth-order valence-corrected chi connectivity index (χ4v) is 2.06. The molecule has 0 fully saturated rings. The Balaban J connectivity index is 1.66. The lowest BCUT2D eigenvalue weighted by molar-refractivity contribution is 0.0473. The third-order valence-corrected chi connectivity index (χ3v) is 3.29. The average molecular weight is 281 g/mol. The number of allylic oxidation sites excluding steroid dienone is 2. The van der Waals surface area contributed by atoms with Crippen LogP contribution < -0.4 is 0 Å². The lowest BCUT2D eigenvalue weighted by atomic mass is 10.1. The normalized spacial score (nSPS) is 13.8. The zero-order valence-electron chi connectivity index (χ0n) is 11.7. The maximum atomic E-state index is 11.9. The number of nitrogens with zero attached hydrogens (tertiary/aromatic N) is 1. The van der Waals surface area contributed by atoms with Crippen molar-refractivity contribution in [3.8, 4) is 11.3 Å². The van der Waals surface area contributed by atoms with Gasteiger partial charge in [0.1, 0.15) is 6.61 Å². The van der Waals surface area contributed by atoms with Crippen LogP contribution in [0.5, 0.6) is 0 Å². The molecule has 2 aromatic rings. The summed E-state index contributed by atoms with van der Waals surface area (Å²) in [4.78, 5) is 11.9. The van der Waals surface area contributed by atoms with Gasteiger partial charge in [0.25, 0.3) is 0 Å². The molecule has 0 atom stereocenters. The van der Waals surface area contributed by atoms with Crippen molar-refractivity contribution in [1.82, 2.24) is 5.16 Å². The van der Waals surface area contributed by atoms with Gasteiger partial charge in [0, 0.05) is 17.5 Å². The number of benzene rings is 1. The molecule has 106 valence electrons. The average Bonchev–Trinajstić information content (AvgIpc) is 3.17. The zero-order chi connectivity index (χ0) is 14.7. The van der Waals surface area contributed by atoms with Gasteiger partial charge in [0.15, 0.2) is 11.5 Å². The van der Waals surface area contributed by atoms with E-state index in [9.17, 15) is 4.79 Å². The number of hydrogen-bond acceptors (Lipinski definition) is 4. The minimum Gasteiger partial charge on any atom is -0.460 e.